The van der Waals surface area contributed by atoms with Crippen molar-refractivity contribution < 1.29 is 9.53 Å². The Morgan fingerprint density at radius 3 is 2.65 bits per heavy atom. The third kappa shape index (κ3) is 5.06. The van der Waals surface area contributed by atoms with E-state index in [0.717, 1.165) is 32.6 Å². The molecule has 118 valence electrons. The Hall–Kier alpha value is -0.610. The van der Waals surface area contributed by atoms with Crippen LogP contribution in [0.2, 0.25) is 0 Å². The number of hydrogen-bond acceptors (Lipinski definition) is 4. The summed E-state index contributed by atoms with van der Waals surface area (Å²) in [6.07, 6.45) is 4.68. The molecule has 1 saturated heterocycles. The van der Waals surface area contributed by atoms with Crippen LogP contribution in [0.4, 0.5) is 0 Å². The third-order valence-electron chi connectivity index (χ3n) is 4.37. The monoisotopic (exact) mass is 284 g/mol. The Labute approximate surface area is 124 Å². The average molecular weight is 284 g/mol. The smallest absolute Gasteiger partial charge is 0.327 e. The van der Waals surface area contributed by atoms with Crippen LogP contribution in [0.1, 0.15) is 53.4 Å². The number of carbonyl (C=O) groups excluding carboxylic acids is 1. The molecular formula is C16H32N2O2. The van der Waals surface area contributed by atoms with E-state index in [1.807, 2.05) is 6.92 Å². The number of likely N-dealkylation sites (tertiary alicyclic amines) is 1. The van der Waals surface area contributed by atoms with Gasteiger partial charge in [-0.3, -0.25) is 4.79 Å². The molecule has 1 heterocycles. The Bertz CT molecular complexity index is 318. The molecule has 4 nitrogen and oxygen atoms in total. The Kier molecular flexibility index (Phi) is 6.46. The van der Waals surface area contributed by atoms with E-state index in [1.165, 1.54) is 26.4 Å². The summed E-state index contributed by atoms with van der Waals surface area (Å²) >= 11 is 0. The highest BCUT2D eigenvalue weighted by Gasteiger charge is 2.36. The second-order valence-electron chi connectivity index (χ2n) is 7.04. The molecule has 1 rings (SSSR count). The summed E-state index contributed by atoms with van der Waals surface area (Å²) in [5, 5.41) is 3.37. The molecule has 0 aromatic carbocycles. The lowest BCUT2D eigenvalue weighted by molar-refractivity contribution is -0.148. The zero-order valence-corrected chi connectivity index (χ0v) is 13.9. The summed E-state index contributed by atoms with van der Waals surface area (Å²) < 4.78 is 5.00. The van der Waals surface area contributed by atoms with Gasteiger partial charge < -0.3 is 15.0 Å². The fourth-order valence-electron chi connectivity index (χ4n) is 2.90. The maximum atomic E-state index is 12.1. The lowest BCUT2D eigenvalue weighted by Gasteiger charge is -2.34. The van der Waals surface area contributed by atoms with Gasteiger partial charge in [0.25, 0.3) is 0 Å². The minimum absolute atomic E-state index is 0.158. The number of esters is 1. The van der Waals surface area contributed by atoms with Gasteiger partial charge >= 0.3 is 5.97 Å². The number of nitrogens with one attached hydrogen (secondary N) is 1. The number of hydrogen-bond donors (Lipinski definition) is 1. The van der Waals surface area contributed by atoms with Gasteiger partial charge in [-0.2, -0.15) is 0 Å². The van der Waals surface area contributed by atoms with Crippen LogP contribution in [0.15, 0.2) is 0 Å². The van der Waals surface area contributed by atoms with Gasteiger partial charge in [-0.05, 0) is 57.7 Å². The van der Waals surface area contributed by atoms with Crippen LogP contribution in [0.5, 0.6) is 0 Å². The number of carbonyl (C=O) groups is 1. The molecule has 1 unspecified atom stereocenters. The summed E-state index contributed by atoms with van der Waals surface area (Å²) in [5.41, 5.74) is -0.174. The normalized spacial score (nSPS) is 22.9. The van der Waals surface area contributed by atoms with Crippen LogP contribution in [0.25, 0.3) is 0 Å². The zero-order valence-electron chi connectivity index (χ0n) is 13.9. The molecule has 1 aliphatic rings. The fourth-order valence-corrected chi connectivity index (χ4v) is 2.90. The van der Waals surface area contributed by atoms with Crippen molar-refractivity contribution in [1.82, 2.24) is 10.2 Å². The summed E-state index contributed by atoms with van der Waals surface area (Å²) in [4.78, 5) is 14.5. The SMILES string of the molecule is CCCNC(C)(CN1CCCC(C)(C)CC1)C(=O)OC. The lowest BCUT2D eigenvalue weighted by atomic mass is 9.85. The first kappa shape index (κ1) is 17.4. The lowest BCUT2D eigenvalue weighted by Crippen LogP contribution is -2.57. The minimum atomic E-state index is -0.598. The summed E-state index contributed by atoms with van der Waals surface area (Å²) in [6, 6.07) is 0. The molecule has 0 spiro atoms. The van der Waals surface area contributed by atoms with Crippen molar-refractivity contribution in [3.05, 3.63) is 0 Å². The molecule has 0 aromatic heterocycles. The highest BCUT2D eigenvalue weighted by molar-refractivity contribution is 5.80. The molecule has 1 aliphatic heterocycles. The van der Waals surface area contributed by atoms with E-state index in [9.17, 15) is 4.79 Å². The Morgan fingerprint density at radius 1 is 1.35 bits per heavy atom. The first-order valence-corrected chi connectivity index (χ1v) is 7.89. The van der Waals surface area contributed by atoms with Crippen molar-refractivity contribution >= 4 is 5.97 Å². The van der Waals surface area contributed by atoms with Crippen molar-refractivity contribution in [1.29, 1.82) is 0 Å². The minimum Gasteiger partial charge on any atom is -0.468 e. The summed E-state index contributed by atoms with van der Waals surface area (Å²) in [5.74, 6) is -0.158. The fraction of sp³-hybridized carbons (Fsp3) is 0.938. The molecule has 1 N–H and O–H groups in total. The van der Waals surface area contributed by atoms with E-state index < -0.39 is 5.54 Å². The van der Waals surface area contributed by atoms with E-state index >= 15 is 0 Å². The standard InChI is InChI=1S/C16H32N2O2/c1-6-10-17-16(4,14(19)20-5)13-18-11-7-8-15(2,3)9-12-18/h17H,6-13H2,1-5H3. The number of nitrogens with zero attached hydrogens (tertiary/aromatic N) is 1. The van der Waals surface area contributed by atoms with E-state index in [4.69, 9.17) is 4.74 Å². The second-order valence-corrected chi connectivity index (χ2v) is 7.04. The molecule has 0 radical (unpaired) electrons. The molecule has 0 bridgehead atoms. The van der Waals surface area contributed by atoms with Gasteiger partial charge in [0.2, 0.25) is 0 Å². The average Bonchev–Trinajstić information content (AvgIpc) is 2.57. The molecule has 0 aliphatic carbocycles. The van der Waals surface area contributed by atoms with Crippen molar-refractivity contribution in [3.63, 3.8) is 0 Å². The molecule has 4 heteroatoms. The Balaban J connectivity index is 2.67. The zero-order chi connectivity index (χ0) is 15.2. The van der Waals surface area contributed by atoms with Crippen molar-refractivity contribution in [2.45, 2.75) is 58.9 Å². The second kappa shape index (κ2) is 7.41. The predicted molar refractivity (Wildman–Crippen MR) is 82.8 cm³/mol. The van der Waals surface area contributed by atoms with Gasteiger partial charge in [0.05, 0.1) is 7.11 Å². The Morgan fingerprint density at radius 2 is 2.05 bits per heavy atom. The first-order valence-electron chi connectivity index (χ1n) is 7.89. The molecule has 0 amide bonds. The topological polar surface area (TPSA) is 41.6 Å². The summed E-state index contributed by atoms with van der Waals surface area (Å²) in [7, 11) is 1.47. The maximum absolute atomic E-state index is 12.1. The van der Waals surface area contributed by atoms with E-state index in [-0.39, 0.29) is 5.97 Å². The van der Waals surface area contributed by atoms with Crippen LogP contribution in [-0.2, 0) is 9.53 Å². The highest BCUT2D eigenvalue weighted by Crippen LogP contribution is 2.30. The summed E-state index contributed by atoms with van der Waals surface area (Å²) in [6.45, 7) is 12.5. The van der Waals surface area contributed by atoms with Crippen LogP contribution < -0.4 is 5.32 Å². The van der Waals surface area contributed by atoms with Gasteiger partial charge in [0, 0.05) is 6.54 Å². The molecule has 1 fully saturated rings. The molecule has 0 saturated carbocycles. The number of ether oxygens (including phenoxy) is 1. The quantitative estimate of drug-likeness (QED) is 0.761. The molecular weight excluding hydrogens is 252 g/mol. The van der Waals surface area contributed by atoms with Crippen molar-refractivity contribution in [3.8, 4) is 0 Å². The van der Waals surface area contributed by atoms with Gasteiger partial charge in [0.15, 0.2) is 0 Å². The number of methoxy groups -OCH3 is 1. The van der Waals surface area contributed by atoms with E-state index in [0.29, 0.717) is 5.41 Å². The first-order chi connectivity index (χ1) is 9.33. The third-order valence-corrected chi connectivity index (χ3v) is 4.37. The van der Waals surface area contributed by atoms with Gasteiger partial charge in [-0.1, -0.05) is 20.8 Å². The molecule has 1 atom stereocenters. The van der Waals surface area contributed by atoms with Crippen molar-refractivity contribution in [2.75, 3.05) is 33.3 Å². The molecule has 0 aromatic rings. The van der Waals surface area contributed by atoms with Crippen LogP contribution in [-0.4, -0.2) is 49.7 Å². The van der Waals surface area contributed by atoms with Gasteiger partial charge in [-0.15, -0.1) is 0 Å². The predicted octanol–water partition coefficient (Wildman–Crippen LogP) is 2.43. The van der Waals surface area contributed by atoms with E-state index in [1.54, 1.807) is 0 Å². The number of rotatable bonds is 6. The molecule has 20 heavy (non-hydrogen) atoms. The highest BCUT2D eigenvalue weighted by atomic mass is 16.5. The van der Waals surface area contributed by atoms with Gasteiger partial charge in [-0.25, -0.2) is 0 Å². The van der Waals surface area contributed by atoms with Crippen molar-refractivity contribution in [2.24, 2.45) is 5.41 Å². The van der Waals surface area contributed by atoms with E-state index in [2.05, 4.69) is 31.0 Å². The van der Waals surface area contributed by atoms with Gasteiger partial charge in [0.1, 0.15) is 5.54 Å². The van der Waals surface area contributed by atoms with Crippen LogP contribution in [0, 0.1) is 5.41 Å². The maximum Gasteiger partial charge on any atom is 0.327 e. The van der Waals surface area contributed by atoms with Crippen LogP contribution >= 0.6 is 0 Å². The van der Waals surface area contributed by atoms with Crippen LogP contribution in [0.3, 0.4) is 0 Å². The largest absolute Gasteiger partial charge is 0.468 e.